The molecular formula is C14H15N5O6. The molecule has 3 rings (SSSR count). The lowest BCUT2D eigenvalue weighted by molar-refractivity contribution is -0.153. The predicted molar refractivity (Wildman–Crippen MR) is 79.6 cm³/mol. The second kappa shape index (κ2) is 6.26. The Morgan fingerprint density at radius 1 is 1.52 bits per heavy atom. The van der Waals surface area contributed by atoms with Crippen LogP contribution in [0.4, 0.5) is 5.82 Å². The van der Waals surface area contributed by atoms with Crippen molar-refractivity contribution in [1.29, 1.82) is 5.26 Å². The van der Waals surface area contributed by atoms with Crippen LogP contribution < -0.4 is 5.73 Å². The molecule has 1 aliphatic heterocycles. The van der Waals surface area contributed by atoms with Crippen LogP contribution in [0.5, 0.6) is 0 Å². The third-order valence-electron chi connectivity index (χ3n) is 4.02. The SMILES string of the molecule is N#C[C@@]1(c2ccc3c(N)ncnn23)O[C@H](COC(=O)CO)[C@@H](O)[C@H]1O. The van der Waals surface area contributed by atoms with Crippen molar-refractivity contribution < 1.29 is 29.6 Å². The number of aromatic nitrogens is 3. The average Bonchev–Trinajstić information content (AvgIpc) is 3.16. The van der Waals surface area contributed by atoms with Crippen molar-refractivity contribution in [3.05, 3.63) is 24.2 Å². The Bertz CT molecular complexity index is 848. The second-order valence-electron chi connectivity index (χ2n) is 5.44. The van der Waals surface area contributed by atoms with E-state index in [0.29, 0.717) is 5.52 Å². The fraction of sp³-hybridized carbons (Fsp3) is 0.429. The van der Waals surface area contributed by atoms with Crippen LogP contribution in [-0.2, 0) is 19.9 Å². The zero-order chi connectivity index (χ0) is 18.2. The van der Waals surface area contributed by atoms with Crippen molar-refractivity contribution >= 4 is 17.3 Å². The molecule has 1 fully saturated rings. The molecule has 0 aromatic carbocycles. The summed E-state index contributed by atoms with van der Waals surface area (Å²) in [4.78, 5) is 14.9. The molecule has 25 heavy (non-hydrogen) atoms. The molecule has 0 spiro atoms. The number of carbonyl (C=O) groups is 1. The molecular weight excluding hydrogens is 334 g/mol. The number of nitrogens with two attached hydrogens (primary N) is 1. The number of hydrogen-bond donors (Lipinski definition) is 4. The van der Waals surface area contributed by atoms with E-state index in [1.807, 2.05) is 6.07 Å². The fourth-order valence-electron chi connectivity index (χ4n) is 2.77. The van der Waals surface area contributed by atoms with Crippen molar-refractivity contribution in [3.63, 3.8) is 0 Å². The third-order valence-corrected chi connectivity index (χ3v) is 4.02. The highest BCUT2D eigenvalue weighted by atomic mass is 16.6. The van der Waals surface area contributed by atoms with Gasteiger partial charge in [-0.1, -0.05) is 0 Å². The van der Waals surface area contributed by atoms with Gasteiger partial charge < -0.3 is 30.5 Å². The lowest BCUT2D eigenvalue weighted by atomic mass is 9.92. The highest BCUT2D eigenvalue weighted by Crippen LogP contribution is 2.40. The first-order chi connectivity index (χ1) is 11.9. The summed E-state index contributed by atoms with van der Waals surface area (Å²) in [5.41, 5.74) is 4.33. The van der Waals surface area contributed by atoms with Crippen molar-refractivity contribution in [2.24, 2.45) is 0 Å². The number of aliphatic hydroxyl groups is 3. The first kappa shape index (κ1) is 17.1. The Labute approximate surface area is 140 Å². The predicted octanol–water partition coefficient (Wildman–Crippen LogP) is -2.31. The summed E-state index contributed by atoms with van der Waals surface area (Å²) < 4.78 is 11.6. The molecule has 1 aliphatic rings. The number of carbonyl (C=O) groups excluding carboxylic acids is 1. The number of anilines is 1. The number of fused-ring (bicyclic) bond motifs is 1. The van der Waals surface area contributed by atoms with E-state index >= 15 is 0 Å². The molecule has 11 nitrogen and oxygen atoms in total. The summed E-state index contributed by atoms with van der Waals surface area (Å²) in [5, 5.41) is 42.9. The van der Waals surface area contributed by atoms with Crippen LogP contribution in [0.3, 0.4) is 0 Å². The van der Waals surface area contributed by atoms with Gasteiger partial charge in [0.15, 0.2) is 5.82 Å². The van der Waals surface area contributed by atoms with E-state index in [2.05, 4.69) is 10.1 Å². The number of aliphatic hydroxyl groups excluding tert-OH is 3. The number of nitrogens with zero attached hydrogens (tertiary/aromatic N) is 4. The van der Waals surface area contributed by atoms with Crippen LogP contribution in [0.25, 0.3) is 5.52 Å². The van der Waals surface area contributed by atoms with Crippen molar-refractivity contribution in [2.75, 3.05) is 18.9 Å². The van der Waals surface area contributed by atoms with Gasteiger partial charge in [-0.25, -0.2) is 14.3 Å². The number of nitrogen functional groups attached to an aromatic ring is 1. The van der Waals surface area contributed by atoms with Gasteiger partial charge in [0.05, 0.1) is 5.69 Å². The van der Waals surface area contributed by atoms with Gasteiger partial charge >= 0.3 is 5.97 Å². The summed E-state index contributed by atoms with van der Waals surface area (Å²) in [5.74, 6) is -0.760. The van der Waals surface area contributed by atoms with E-state index < -0.39 is 43.1 Å². The summed E-state index contributed by atoms with van der Waals surface area (Å²) in [6.45, 7) is -1.28. The summed E-state index contributed by atoms with van der Waals surface area (Å²) in [6.07, 6.45) is -3.13. The molecule has 132 valence electrons. The number of ether oxygens (including phenoxy) is 2. The third kappa shape index (κ3) is 2.57. The second-order valence-corrected chi connectivity index (χ2v) is 5.44. The van der Waals surface area contributed by atoms with Crippen molar-refractivity contribution in [2.45, 2.75) is 23.9 Å². The van der Waals surface area contributed by atoms with Crippen molar-refractivity contribution in [1.82, 2.24) is 14.6 Å². The van der Waals surface area contributed by atoms with E-state index in [4.69, 9.17) is 20.3 Å². The van der Waals surface area contributed by atoms with Crippen LogP contribution in [0.1, 0.15) is 5.69 Å². The number of rotatable bonds is 4. The molecule has 0 amide bonds. The van der Waals surface area contributed by atoms with Gasteiger partial charge in [-0.2, -0.15) is 10.4 Å². The maximum Gasteiger partial charge on any atom is 0.331 e. The number of nitriles is 1. The molecule has 0 bridgehead atoms. The number of hydrogen-bond acceptors (Lipinski definition) is 10. The molecule has 0 saturated carbocycles. The first-order valence-corrected chi connectivity index (χ1v) is 7.25. The van der Waals surface area contributed by atoms with Crippen LogP contribution >= 0.6 is 0 Å². The van der Waals surface area contributed by atoms with E-state index in [1.165, 1.54) is 16.9 Å². The minimum atomic E-state index is -1.96. The quantitative estimate of drug-likeness (QED) is 0.438. The Kier molecular flexibility index (Phi) is 4.27. The minimum absolute atomic E-state index is 0.140. The monoisotopic (exact) mass is 349 g/mol. The number of esters is 1. The Morgan fingerprint density at radius 3 is 2.96 bits per heavy atom. The Balaban J connectivity index is 1.98. The summed E-state index contributed by atoms with van der Waals surface area (Å²) in [6, 6.07) is 4.88. The van der Waals surface area contributed by atoms with E-state index in [9.17, 15) is 20.3 Å². The smallest absolute Gasteiger partial charge is 0.331 e. The van der Waals surface area contributed by atoms with Gasteiger partial charge in [-0.3, -0.25) is 0 Å². The molecule has 3 heterocycles. The zero-order valence-electron chi connectivity index (χ0n) is 12.8. The average molecular weight is 349 g/mol. The molecule has 2 aromatic rings. The molecule has 2 aromatic heterocycles. The standard InChI is InChI=1S/C14H15N5O6/c15-5-14(9-2-1-7-13(16)17-6-18-19(7)9)12(23)11(22)8(25-14)4-24-10(21)3-20/h1-2,6,8,11-12,20,22-23H,3-4H2,(H2,16,17,18)/t8-,11-,12-,14+/m1/s1. The lowest BCUT2D eigenvalue weighted by Gasteiger charge is -2.24. The largest absolute Gasteiger partial charge is 0.461 e. The maximum atomic E-state index is 11.1. The van der Waals surface area contributed by atoms with Gasteiger partial charge in [0.2, 0.25) is 5.60 Å². The molecule has 1 saturated heterocycles. The molecule has 0 aliphatic carbocycles. The highest BCUT2D eigenvalue weighted by Gasteiger charge is 2.57. The molecule has 11 heteroatoms. The van der Waals surface area contributed by atoms with Crippen LogP contribution in [0.2, 0.25) is 0 Å². The Hall–Kier alpha value is -2.78. The highest BCUT2D eigenvalue weighted by molar-refractivity contribution is 5.70. The Morgan fingerprint density at radius 2 is 2.28 bits per heavy atom. The van der Waals surface area contributed by atoms with Gasteiger partial charge in [0, 0.05) is 0 Å². The van der Waals surface area contributed by atoms with E-state index in [1.54, 1.807) is 6.07 Å². The van der Waals surface area contributed by atoms with Crippen LogP contribution in [0.15, 0.2) is 18.5 Å². The topological polar surface area (TPSA) is 176 Å². The van der Waals surface area contributed by atoms with Crippen LogP contribution in [0, 0.1) is 11.3 Å². The first-order valence-electron chi connectivity index (χ1n) is 7.25. The minimum Gasteiger partial charge on any atom is -0.461 e. The fourth-order valence-corrected chi connectivity index (χ4v) is 2.77. The van der Waals surface area contributed by atoms with Gasteiger partial charge in [0.25, 0.3) is 0 Å². The molecule has 0 unspecified atom stereocenters. The lowest BCUT2D eigenvalue weighted by Crippen LogP contribution is -2.41. The normalized spacial score (nSPS) is 28.8. The molecule has 0 radical (unpaired) electrons. The maximum absolute atomic E-state index is 11.1. The molecule has 5 N–H and O–H groups in total. The van der Waals surface area contributed by atoms with E-state index in [-0.39, 0.29) is 11.5 Å². The summed E-state index contributed by atoms with van der Waals surface area (Å²) >= 11 is 0. The van der Waals surface area contributed by atoms with Gasteiger partial charge in [0.1, 0.15) is 49.4 Å². The van der Waals surface area contributed by atoms with Gasteiger partial charge in [-0.15, -0.1) is 0 Å². The summed E-state index contributed by atoms with van der Waals surface area (Å²) in [7, 11) is 0. The van der Waals surface area contributed by atoms with Crippen molar-refractivity contribution in [3.8, 4) is 6.07 Å². The van der Waals surface area contributed by atoms with E-state index in [0.717, 1.165) is 0 Å². The zero-order valence-corrected chi connectivity index (χ0v) is 12.8. The van der Waals surface area contributed by atoms with Crippen LogP contribution in [-0.4, -0.2) is 67.4 Å². The van der Waals surface area contributed by atoms with Gasteiger partial charge in [-0.05, 0) is 12.1 Å². The molecule has 4 atom stereocenters.